The van der Waals surface area contributed by atoms with Crippen molar-refractivity contribution in [2.24, 2.45) is 5.92 Å². The van der Waals surface area contributed by atoms with E-state index in [-0.39, 0.29) is 12.6 Å². The minimum Gasteiger partial charge on any atom is -0.480 e. The summed E-state index contributed by atoms with van der Waals surface area (Å²) >= 11 is 1.44. The van der Waals surface area contributed by atoms with Crippen molar-refractivity contribution in [1.29, 1.82) is 0 Å². The number of hydrogen-bond acceptors (Lipinski definition) is 4. The molecule has 2 fully saturated rings. The maximum Gasteiger partial charge on any atom is 0.323 e. The molecule has 0 aromatic heterocycles. The molecule has 126 valence electrons. The lowest BCUT2D eigenvalue weighted by Gasteiger charge is -2.40. The summed E-state index contributed by atoms with van der Waals surface area (Å²) < 4.78 is 1.85. The Hall–Kier alpha value is -0.950. The number of carboxylic acids is 1. The standard InChI is InChI=1S/C15H27N3O3S/c1-3-7-16(8-6-12-4-5-12)15(21)17-9-10-18(22-2)13(11-17)14(19)20/h12-13H,3-11H2,1-2H3,(H,19,20). The first-order valence-electron chi connectivity index (χ1n) is 8.14. The number of urea groups is 1. The largest absolute Gasteiger partial charge is 0.480 e. The summed E-state index contributed by atoms with van der Waals surface area (Å²) in [6.45, 7) is 5.12. The van der Waals surface area contributed by atoms with Crippen molar-refractivity contribution >= 4 is 23.9 Å². The van der Waals surface area contributed by atoms with E-state index in [1.54, 1.807) is 4.90 Å². The molecule has 0 spiro atoms. The highest BCUT2D eigenvalue weighted by atomic mass is 32.2. The molecule has 6 nitrogen and oxygen atoms in total. The van der Waals surface area contributed by atoms with Crippen LogP contribution in [-0.4, -0.2) is 76.2 Å². The lowest BCUT2D eigenvalue weighted by atomic mass is 10.2. The topological polar surface area (TPSA) is 64.1 Å². The van der Waals surface area contributed by atoms with Gasteiger partial charge in [0.2, 0.25) is 0 Å². The van der Waals surface area contributed by atoms with Crippen molar-refractivity contribution in [2.45, 2.75) is 38.6 Å². The van der Waals surface area contributed by atoms with Crippen LogP contribution in [0.1, 0.15) is 32.6 Å². The van der Waals surface area contributed by atoms with Gasteiger partial charge in [0, 0.05) is 32.7 Å². The highest BCUT2D eigenvalue weighted by molar-refractivity contribution is 7.96. The van der Waals surface area contributed by atoms with Crippen LogP contribution in [0, 0.1) is 5.92 Å². The van der Waals surface area contributed by atoms with Gasteiger partial charge in [-0.15, -0.1) is 0 Å². The molecule has 2 rings (SSSR count). The number of nitrogens with zero attached hydrogens (tertiary/aromatic N) is 3. The summed E-state index contributed by atoms with van der Waals surface area (Å²) in [5, 5.41) is 9.36. The van der Waals surface area contributed by atoms with Crippen LogP contribution in [0.15, 0.2) is 0 Å². The third-order valence-corrected chi connectivity index (χ3v) is 5.30. The molecule has 0 radical (unpaired) electrons. The second kappa shape index (κ2) is 8.06. The average molecular weight is 329 g/mol. The van der Waals surface area contributed by atoms with E-state index in [0.717, 1.165) is 31.8 Å². The molecule has 1 unspecified atom stereocenters. The molecule has 22 heavy (non-hydrogen) atoms. The Morgan fingerprint density at radius 1 is 1.27 bits per heavy atom. The van der Waals surface area contributed by atoms with Gasteiger partial charge in [0.05, 0.1) is 0 Å². The highest BCUT2D eigenvalue weighted by Crippen LogP contribution is 2.32. The minimum absolute atomic E-state index is 0.00880. The van der Waals surface area contributed by atoms with E-state index in [1.165, 1.54) is 24.8 Å². The monoisotopic (exact) mass is 329 g/mol. The fourth-order valence-electron chi connectivity index (χ4n) is 2.88. The summed E-state index contributed by atoms with van der Waals surface area (Å²) in [6, 6.07) is -0.603. The van der Waals surface area contributed by atoms with Crippen LogP contribution in [0.3, 0.4) is 0 Å². The Bertz CT molecular complexity index is 403. The Morgan fingerprint density at radius 2 is 2.00 bits per heavy atom. The van der Waals surface area contributed by atoms with Gasteiger partial charge < -0.3 is 14.9 Å². The first-order chi connectivity index (χ1) is 10.6. The first-order valence-corrected chi connectivity index (χ1v) is 9.32. The molecular formula is C15H27N3O3S. The van der Waals surface area contributed by atoms with Gasteiger partial charge in [-0.3, -0.25) is 4.79 Å². The zero-order chi connectivity index (χ0) is 16.1. The van der Waals surface area contributed by atoms with Gasteiger partial charge in [0.1, 0.15) is 6.04 Å². The second-order valence-corrected chi connectivity index (χ2v) is 6.96. The van der Waals surface area contributed by atoms with Crippen LogP contribution < -0.4 is 0 Å². The van der Waals surface area contributed by atoms with Crippen molar-refractivity contribution < 1.29 is 14.7 Å². The molecule has 1 atom stereocenters. The first kappa shape index (κ1) is 17.4. The Morgan fingerprint density at radius 3 is 2.55 bits per heavy atom. The molecule has 2 amide bonds. The van der Waals surface area contributed by atoms with Crippen molar-refractivity contribution in [2.75, 3.05) is 39.0 Å². The lowest BCUT2D eigenvalue weighted by molar-refractivity contribution is -0.142. The highest BCUT2D eigenvalue weighted by Gasteiger charge is 2.35. The van der Waals surface area contributed by atoms with E-state index >= 15 is 0 Å². The van der Waals surface area contributed by atoms with Crippen LogP contribution >= 0.6 is 11.9 Å². The van der Waals surface area contributed by atoms with Gasteiger partial charge in [0.15, 0.2) is 0 Å². The van der Waals surface area contributed by atoms with Gasteiger partial charge in [-0.1, -0.05) is 31.7 Å². The van der Waals surface area contributed by atoms with Crippen LogP contribution in [0.25, 0.3) is 0 Å². The number of carboxylic acid groups (broad SMARTS) is 1. The third kappa shape index (κ3) is 4.52. The molecule has 0 aromatic carbocycles. The van der Waals surface area contributed by atoms with Gasteiger partial charge >= 0.3 is 12.0 Å². The molecule has 0 aromatic rings. The number of rotatable bonds is 7. The predicted molar refractivity (Wildman–Crippen MR) is 87.8 cm³/mol. The maximum absolute atomic E-state index is 12.7. The van der Waals surface area contributed by atoms with Gasteiger partial charge in [-0.05, 0) is 25.0 Å². The Labute approximate surface area is 136 Å². The Balaban J connectivity index is 1.94. The van der Waals surface area contributed by atoms with E-state index in [2.05, 4.69) is 6.92 Å². The third-order valence-electron chi connectivity index (χ3n) is 4.39. The molecule has 1 N–H and O–H groups in total. The van der Waals surface area contributed by atoms with Gasteiger partial charge in [-0.25, -0.2) is 9.10 Å². The average Bonchev–Trinajstić information content (AvgIpc) is 3.34. The van der Waals surface area contributed by atoms with Crippen LogP contribution in [0.5, 0.6) is 0 Å². The predicted octanol–water partition coefficient (Wildman–Crippen LogP) is 1.97. The van der Waals surface area contributed by atoms with E-state index in [9.17, 15) is 14.7 Å². The number of hydrogen-bond donors (Lipinski definition) is 1. The second-order valence-electron chi connectivity index (χ2n) is 6.12. The number of aliphatic carboxylic acids is 1. The molecular weight excluding hydrogens is 302 g/mol. The molecule has 1 saturated carbocycles. The van der Waals surface area contributed by atoms with Crippen molar-refractivity contribution in [3.05, 3.63) is 0 Å². The van der Waals surface area contributed by atoms with E-state index in [0.29, 0.717) is 13.1 Å². The smallest absolute Gasteiger partial charge is 0.323 e. The summed E-state index contributed by atoms with van der Waals surface area (Å²) in [5.41, 5.74) is 0. The fraction of sp³-hybridized carbons (Fsp3) is 0.867. The molecule has 0 bridgehead atoms. The van der Waals surface area contributed by atoms with E-state index in [1.807, 2.05) is 15.5 Å². The van der Waals surface area contributed by atoms with Crippen LogP contribution in [-0.2, 0) is 4.79 Å². The molecule has 7 heteroatoms. The summed E-state index contributed by atoms with van der Waals surface area (Å²) in [4.78, 5) is 27.7. The van der Waals surface area contributed by atoms with Crippen molar-refractivity contribution in [3.8, 4) is 0 Å². The molecule has 1 aliphatic carbocycles. The zero-order valence-electron chi connectivity index (χ0n) is 13.5. The van der Waals surface area contributed by atoms with Gasteiger partial charge in [-0.2, -0.15) is 0 Å². The molecule has 1 aliphatic heterocycles. The zero-order valence-corrected chi connectivity index (χ0v) is 14.3. The molecule has 1 saturated heterocycles. The van der Waals surface area contributed by atoms with Crippen LogP contribution in [0.4, 0.5) is 4.79 Å². The van der Waals surface area contributed by atoms with Crippen LogP contribution in [0.2, 0.25) is 0 Å². The van der Waals surface area contributed by atoms with Gasteiger partial charge in [0.25, 0.3) is 0 Å². The summed E-state index contributed by atoms with van der Waals surface area (Å²) in [7, 11) is 0. The molecule has 2 aliphatic rings. The summed E-state index contributed by atoms with van der Waals surface area (Å²) in [5.74, 6) is -0.0564. The minimum atomic E-state index is -0.855. The van der Waals surface area contributed by atoms with Crippen molar-refractivity contribution in [1.82, 2.24) is 14.1 Å². The van der Waals surface area contributed by atoms with Crippen molar-refractivity contribution in [3.63, 3.8) is 0 Å². The SMILES string of the molecule is CCCN(CCC1CC1)C(=O)N1CCN(SC)C(C(=O)O)C1. The fourth-order valence-corrected chi connectivity index (χ4v) is 3.55. The van der Waals surface area contributed by atoms with E-state index in [4.69, 9.17) is 0 Å². The number of piperazine rings is 1. The quantitative estimate of drug-likeness (QED) is 0.724. The molecule has 1 heterocycles. The summed E-state index contributed by atoms with van der Waals surface area (Å²) in [6.07, 6.45) is 6.48. The normalized spacial score (nSPS) is 22.6. The number of amides is 2. The van der Waals surface area contributed by atoms with E-state index < -0.39 is 12.0 Å². The lowest BCUT2D eigenvalue weighted by Crippen LogP contribution is -2.58. The number of carbonyl (C=O) groups is 2. The number of carbonyl (C=O) groups excluding carboxylic acids is 1. The Kier molecular flexibility index (Phi) is 6.37. The maximum atomic E-state index is 12.7.